The zero-order chi connectivity index (χ0) is 12.5. The number of nitrogens with one attached hydrogen (secondary N) is 1. The van der Waals surface area contributed by atoms with Crippen LogP contribution in [0.2, 0.25) is 5.02 Å². The Kier molecular flexibility index (Phi) is 3.74. The third-order valence-corrected chi connectivity index (χ3v) is 4.14. The van der Waals surface area contributed by atoms with E-state index in [9.17, 15) is 4.39 Å². The Balaban J connectivity index is 2.23. The second kappa shape index (κ2) is 4.95. The van der Waals surface area contributed by atoms with Gasteiger partial charge < -0.3 is 5.32 Å². The molecule has 1 aliphatic rings. The van der Waals surface area contributed by atoms with Gasteiger partial charge in [0.25, 0.3) is 0 Å². The minimum atomic E-state index is -0.180. The van der Waals surface area contributed by atoms with Gasteiger partial charge in [-0.15, -0.1) is 0 Å². The van der Waals surface area contributed by atoms with Gasteiger partial charge in [-0.05, 0) is 49.8 Å². The average Bonchev–Trinajstić information content (AvgIpc) is 3.08. The van der Waals surface area contributed by atoms with Crippen molar-refractivity contribution in [1.82, 2.24) is 5.32 Å². The normalized spacial score (nSPS) is 19.1. The number of halogens is 2. The van der Waals surface area contributed by atoms with Crippen LogP contribution in [-0.2, 0) is 6.42 Å². The van der Waals surface area contributed by atoms with Crippen molar-refractivity contribution in [2.75, 3.05) is 13.6 Å². The lowest BCUT2D eigenvalue weighted by molar-refractivity contribution is 0.260. The first-order valence-electron chi connectivity index (χ1n) is 6.14. The third kappa shape index (κ3) is 2.80. The van der Waals surface area contributed by atoms with E-state index in [0.717, 1.165) is 6.54 Å². The quantitative estimate of drug-likeness (QED) is 0.847. The highest BCUT2D eigenvalue weighted by Crippen LogP contribution is 2.47. The second-order valence-corrected chi connectivity index (χ2v) is 5.74. The van der Waals surface area contributed by atoms with E-state index in [-0.39, 0.29) is 11.2 Å². The zero-order valence-electron chi connectivity index (χ0n) is 10.4. The van der Waals surface area contributed by atoms with E-state index in [1.54, 1.807) is 12.1 Å². The minimum absolute atomic E-state index is 0.112. The molecule has 17 heavy (non-hydrogen) atoms. The van der Waals surface area contributed by atoms with Crippen LogP contribution in [0.15, 0.2) is 18.2 Å². The zero-order valence-corrected chi connectivity index (χ0v) is 11.1. The lowest BCUT2D eigenvalue weighted by Gasteiger charge is -2.30. The molecule has 3 heteroatoms. The lowest BCUT2D eigenvalue weighted by Crippen LogP contribution is -2.34. The van der Waals surface area contributed by atoms with Crippen LogP contribution in [0.5, 0.6) is 0 Å². The Labute approximate surface area is 107 Å². The Bertz CT molecular complexity index is 383. The molecule has 1 unspecified atom stereocenters. The molecule has 1 N–H and O–H groups in total. The van der Waals surface area contributed by atoms with Gasteiger partial charge in [-0.1, -0.05) is 24.6 Å². The van der Waals surface area contributed by atoms with Crippen LogP contribution < -0.4 is 5.32 Å². The molecule has 0 radical (unpaired) electrons. The van der Waals surface area contributed by atoms with Gasteiger partial charge in [0.1, 0.15) is 5.82 Å². The van der Waals surface area contributed by atoms with E-state index in [1.165, 1.54) is 18.9 Å². The number of rotatable bonds is 5. The highest BCUT2D eigenvalue weighted by Gasteiger charge is 2.41. The predicted molar refractivity (Wildman–Crippen MR) is 69.9 cm³/mol. The van der Waals surface area contributed by atoms with E-state index in [0.29, 0.717) is 22.9 Å². The van der Waals surface area contributed by atoms with Crippen molar-refractivity contribution in [2.24, 2.45) is 11.3 Å². The van der Waals surface area contributed by atoms with Gasteiger partial charge in [-0.3, -0.25) is 0 Å². The fourth-order valence-electron chi connectivity index (χ4n) is 2.64. The van der Waals surface area contributed by atoms with Gasteiger partial charge in [-0.25, -0.2) is 4.39 Å². The summed E-state index contributed by atoms with van der Waals surface area (Å²) in [5, 5.41) is 3.77. The first-order valence-corrected chi connectivity index (χ1v) is 6.52. The Morgan fingerprint density at radius 2 is 2.18 bits per heavy atom. The molecule has 1 saturated carbocycles. The predicted octanol–water partition coefficient (Wildman–Crippen LogP) is 3.66. The second-order valence-electron chi connectivity index (χ2n) is 5.34. The van der Waals surface area contributed by atoms with Crippen LogP contribution in [0.4, 0.5) is 4.39 Å². The summed E-state index contributed by atoms with van der Waals surface area (Å²) in [5.74, 6) is 0.520. The molecule has 0 amide bonds. The monoisotopic (exact) mass is 255 g/mol. The number of hydrogen-bond acceptors (Lipinski definition) is 1. The molecule has 1 aromatic rings. The molecule has 1 nitrogen and oxygen atoms in total. The van der Waals surface area contributed by atoms with Crippen molar-refractivity contribution in [3.63, 3.8) is 0 Å². The van der Waals surface area contributed by atoms with Crippen LogP contribution in [0.3, 0.4) is 0 Å². The number of benzene rings is 1. The summed E-state index contributed by atoms with van der Waals surface area (Å²) in [6.45, 7) is 3.13. The molecule has 0 bridgehead atoms. The summed E-state index contributed by atoms with van der Waals surface area (Å²) in [7, 11) is 1.95. The SMILES string of the molecule is CNCC(C)(Cc1c(F)cccc1Cl)C1CC1. The summed E-state index contributed by atoms with van der Waals surface area (Å²) in [6.07, 6.45) is 3.22. The lowest BCUT2D eigenvalue weighted by atomic mass is 9.78. The van der Waals surface area contributed by atoms with E-state index < -0.39 is 0 Å². The van der Waals surface area contributed by atoms with Gasteiger partial charge >= 0.3 is 0 Å². The molecule has 1 aromatic carbocycles. The van der Waals surface area contributed by atoms with Crippen molar-refractivity contribution in [3.05, 3.63) is 34.6 Å². The largest absolute Gasteiger partial charge is 0.319 e. The summed E-state index contributed by atoms with van der Waals surface area (Å²) in [6, 6.07) is 4.92. The first-order chi connectivity index (χ1) is 8.07. The molecule has 1 fully saturated rings. The third-order valence-electron chi connectivity index (χ3n) is 3.79. The van der Waals surface area contributed by atoms with E-state index >= 15 is 0 Å². The van der Waals surface area contributed by atoms with Gasteiger partial charge in [0, 0.05) is 17.1 Å². The number of hydrogen-bond donors (Lipinski definition) is 1. The first kappa shape index (κ1) is 12.8. The summed E-state index contributed by atoms with van der Waals surface area (Å²) >= 11 is 6.10. The van der Waals surface area contributed by atoms with Crippen LogP contribution in [-0.4, -0.2) is 13.6 Å². The topological polar surface area (TPSA) is 12.0 Å². The molecule has 94 valence electrons. The van der Waals surface area contributed by atoms with Crippen LogP contribution in [0, 0.1) is 17.2 Å². The van der Waals surface area contributed by atoms with Crippen LogP contribution in [0.25, 0.3) is 0 Å². The standard InChI is InChI=1S/C14H19ClFN/c1-14(9-17-2,10-6-7-10)8-11-12(15)4-3-5-13(11)16/h3-5,10,17H,6-9H2,1-2H3. The van der Waals surface area contributed by atoms with Crippen molar-refractivity contribution < 1.29 is 4.39 Å². The molecular weight excluding hydrogens is 237 g/mol. The molecule has 0 heterocycles. The fourth-order valence-corrected chi connectivity index (χ4v) is 2.87. The van der Waals surface area contributed by atoms with Gasteiger partial charge in [0.05, 0.1) is 0 Å². The maximum atomic E-state index is 13.8. The van der Waals surface area contributed by atoms with E-state index in [4.69, 9.17) is 11.6 Å². The highest BCUT2D eigenvalue weighted by molar-refractivity contribution is 6.31. The van der Waals surface area contributed by atoms with Gasteiger partial charge in [-0.2, -0.15) is 0 Å². The molecule has 2 rings (SSSR count). The molecule has 0 spiro atoms. The average molecular weight is 256 g/mol. The molecule has 0 aromatic heterocycles. The van der Waals surface area contributed by atoms with Crippen LogP contribution in [0.1, 0.15) is 25.3 Å². The molecule has 1 aliphatic carbocycles. The van der Waals surface area contributed by atoms with Gasteiger partial charge in [0.15, 0.2) is 0 Å². The van der Waals surface area contributed by atoms with Crippen molar-refractivity contribution >= 4 is 11.6 Å². The minimum Gasteiger partial charge on any atom is -0.319 e. The maximum absolute atomic E-state index is 13.8. The van der Waals surface area contributed by atoms with Crippen molar-refractivity contribution in [1.29, 1.82) is 0 Å². The molecule has 0 aliphatic heterocycles. The molecular formula is C14H19ClFN. The summed E-state index contributed by atoms with van der Waals surface area (Å²) in [4.78, 5) is 0. The molecule has 0 saturated heterocycles. The highest BCUT2D eigenvalue weighted by atomic mass is 35.5. The fraction of sp³-hybridized carbons (Fsp3) is 0.571. The maximum Gasteiger partial charge on any atom is 0.127 e. The Morgan fingerprint density at radius 1 is 1.47 bits per heavy atom. The summed E-state index contributed by atoms with van der Waals surface area (Å²) in [5.41, 5.74) is 0.777. The Hall–Kier alpha value is -0.600. The van der Waals surface area contributed by atoms with E-state index in [2.05, 4.69) is 12.2 Å². The van der Waals surface area contributed by atoms with Crippen molar-refractivity contribution in [2.45, 2.75) is 26.2 Å². The summed E-state index contributed by atoms with van der Waals surface area (Å²) < 4.78 is 13.8. The molecule has 1 atom stereocenters. The van der Waals surface area contributed by atoms with Crippen LogP contribution >= 0.6 is 11.6 Å². The van der Waals surface area contributed by atoms with E-state index in [1.807, 2.05) is 7.05 Å². The smallest absolute Gasteiger partial charge is 0.127 e. The Morgan fingerprint density at radius 3 is 2.71 bits per heavy atom. The van der Waals surface area contributed by atoms with Crippen molar-refractivity contribution in [3.8, 4) is 0 Å². The van der Waals surface area contributed by atoms with Gasteiger partial charge in [0.2, 0.25) is 0 Å².